The summed E-state index contributed by atoms with van der Waals surface area (Å²) >= 11 is 0. The van der Waals surface area contributed by atoms with Gasteiger partial charge in [-0.3, -0.25) is 0 Å². The lowest BCUT2D eigenvalue weighted by molar-refractivity contribution is -0.339. The van der Waals surface area contributed by atoms with E-state index < -0.39 is 18.0 Å². The van der Waals surface area contributed by atoms with Crippen molar-refractivity contribution in [1.29, 1.82) is 0 Å². The molecule has 0 aromatic heterocycles. The second kappa shape index (κ2) is 6.02. The highest BCUT2D eigenvalue weighted by Gasteiger charge is 2.51. The van der Waals surface area contributed by atoms with Crippen LogP contribution in [0.3, 0.4) is 0 Å². The van der Waals surface area contributed by atoms with E-state index in [1.807, 2.05) is 18.2 Å². The van der Waals surface area contributed by atoms with Crippen molar-refractivity contribution < 1.29 is 24.8 Å². The van der Waals surface area contributed by atoms with Crippen LogP contribution in [-0.2, 0) is 22.3 Å². The predicted molar refractivity (Wildman–Crippen MR) is 75.7 cm³/mol. The number of fused-ring (bicyclic) bond motifs is 1. The van der Waals surface area contributed by atoms with E-state index in [4.69, 9.17) is 14.6 Å². The van der Waals surface area contributed by atoms with Crippen molar-refractivity contribution in [3.8, 4) is 0 Å². The number of aliphatic hydroxyl groups is 3. The van der Waals surface area contributed by atoms with E-state index in [9.17, 15) is 10.2 Å². The Morgan fingerprint density at radius 2 is 1.95 bits per heavy atom. The summed E-state index contributed by atoms with van der Waals surface area (Å²) in [6.07, 6.45) is -0.388. The molecule has 4 atom stereocenters. The summed E-state index contributed by atoms with van der Waals surface area (Å²) in [7, 11) is 0. The average molecular weight is 294 g/mol. The standard InChI is InChI=1S/C16H22O5/c17-7-5-13-9-14(18)15(19)16(21-13)10-12-4-2-1-3-11(12)6-8-20-16/h1-4,13-15,17-19H,5-10H2/t13?,14?,15?,16-/m1/s1. The SMILES string of the molecule is OCCC1CC(O)C(O)[C@@]2(Cc3ccccc3CCO2)O1. The van der Waals surface area contributed by atoms with Gasteiger partial charge in [0.2, 0.25) is 5.79 Å². The fourth-order valence-corrected chi connectivity index (χ4v) is 3.30. The largest absolute Gasteiger partial charge is 0.396 e. The van der Waals surface area contributed by atoms with Gasteiger partial charge >= 0.3 is 0 Å². The van der Waals surface area contributed by atoms with Gasteiger partial charge in [-0.15, -0.1) is 0 Å². The normalized spacial score (nSPS) is 36.2. The molecule has 1 aromatic rings. The second-order valence-electron chi connectivity index (χ2n) is 5.86. The molecule has 1 fully saturated rings. The minimum atomic E-state index is -1.22. The number of benzene rings is 1. The molecule has 1 spiro atoms. The van der Waals surface area contributed by atoms with E-state index in [1.165, 1.54) is 5.56 Å². The maximum absolute atomic E-state index is 10.4. The zero-order chi connectivity index (χ0) is 14.9. The van der Waals surface area contributed by atoms with Crippen molar-refractivity contribution in [2.45, 2.75) is 49.8 Å². The van der Waals surface area contributed by atoms with Crippen LogP contribution >= 0.6 is 0 Å². The van der Waals surface area contributed by atoms with Gasteiger partial charge in [-0.25, -0.2) is 0 Å². The van der Waals surface area contributed by atoms with Gasteiger partial charge in [0.05, 0.1) is 18.8 Å². The Bertz CT molecular complexity index is 491. The quantitative estimate of drug-likeness (QED) is 0.735. The number of rotatable bonds is 2. The molecule has 21 heavy (non-hydrogen) atoms. The van der Waals surface area contributed by atoms with Crippen LogP contribution in [0.5, 0.6) is 0 Å². The lowest BCUT2D eigenvalue weighted by Gasteiger charge is -2.46. The summed E-state index contributed by atoms with van der Waals surface area (Å²) in [5, 5.41) is 29.7. The van der Waals surface area contributed by atoms with Gasteiger partial charge in [0.25, 0.3) is 0 Å². The Morgan fingerprint density at radius 1 is 1.19 bits per heavy atom. The summed E-state index contributed by atoms with van der Waals surface area (Å²) in [5.74, 6) is -1.22. The van der Waals surface area contributed by atoms with Crippen LogP contribution in [0, 0.1) is 0 Å². The third-order valence-corrected chi connectivity index (χ3v) is 4.41. The molecule has 0 radical (unpaired) electrons. The number of ether oxygens (including phenoxy) is 2. The van der Waals surface area contributed by atoms with E-state index in [2.05, 4.69) is 6.07 Å². The number of hydrogen-bond acceptors (Lipinski definition) is 5. The molecule has 3 rings (SSSR count). The van der Waals surface area contributed by atoms with E-state index in [0.717, 1.165) is 12.0 Å². The average Bonchev–Trinajstić information content (AvgIpc) is 2.65. The van der Waals surface area contributed by atoms with Crippen molar-refractivity contribution in [2.75, 3.05) is 13.2 Å². The minimum absolute atomic E-state index is 0.0137. The molecule has 2 aliphatic rings. The molecule has 5 nitrogen and oxygen atoms in total. The summed E-state index contributed by atoms with van der Waals surface area (Å²) in [4.78, 5) is 0. The molecule has 5 heteroatoms. The molecular weight excluding hydrogens is 272 g/mol. The third-order valence-electron chi connectivity index (χ3n) is 4.41. The number of aliphatic hydroxyl groups excluding tert-OH is 3. The van der Waals surface area contributed by atoms with Crippen molar-refractivity contribution >= 4 is 0 Å². The maximum Gasteiger partial charge on any atom is 0.201 e. The molecule has 3 unspecified atom stereocenters. The molecule has 2 aliphatic heterocycles. The molecular formula is C16H22O5. The highest BCUT2D eigenvalue weighted by Crippen LogP contribution is 2.37. The van der Waals surface area contributed by atoms with Crippen LogP contribution in [0.4, 0.5) is 0 Å². The van der Waals surface area contributed by atoms with Gasteiger partial charge in [0.15, 0.2) is 0 Å². The topological polar surface area (TPSA) is 79.2 Å². The van der Waals surface area contributed by atoms with Crippen LogP contribution in [0.1, 0.15) is 24.0 Å². The highest BCUT2D eigenvalue weighted by molar-refractivity contribution is 5.30. The Balaban J connectivity index is 1.90. The predicted octanol–water partition coefficient (Wildman–Crippen LogP) is 0.391. The van der Waals surface area contributed by atoms with E-state index in [1.54, 1.807) is 0 Å². The first-order valence-electron chi connectivity index (χ1n) is 7.50. The monoisotopic (exact) mass is 294 g/mol. The van der Waals surface area contributed by atoms with Crippen molar-refractivity contribution in [2.24, 2.45) is 0 Å². The molecule has 1 aromatic carbocycles. The summed E-state index contributed by atoms with van der Waals surface area (Å²) < 4.78 is 11.8. The first-order chi connectivity index (χ1) is 10.1. The Hall–Kier alpha value is -0.980. The fourth-order valence-electron chi connectivity index (χ4n) is 3.30. The van der Waals surface area contributed by atoms with Gasteiger partial charge in [-0.2, -0.15) is 0 Å². The van der Waals surface area contributed by atoms with Crippen LogP contribution < -0.4 is 0 Å². The minimum Gasteiger partial charge on any atom is -0.396 e. The summed E-state index contributed by atoms with van der Waals surface area (Å²) in [6.45, 7) is 0.423. The van der Waals surface area contributed by atoms with Crippen molar-refractivity contribution in [3.05, 3.63) is 35.4 Å². The molecule has 3 N–H and O–H groups in total. The molecule has 116 valence electrons. The Labute approximate surface area is 124 Å². The molecule has 0 amide bonds. The van der Waals surface area contributed by atoms with Crippen LogP contribution in [0.15, 0.2) is 24.3 Å². The molecule has 2 heterocycles. The zero-order valence-corrected chi connectivity index (χ0v) is 11.9. The summed E-state index contributed by atoms with van der Waals surface area (Å²) in [6, 6.07) is 7.99. The first kappa shape index (κ1) is 14.9. The van der Waals surface area contributed by atoms with Gasteiger partial charge < -0.3 is 24.8 Å². The first-order valence-corrected chi connectivity index (χ1v) is 7.50. The van der Waals surface area contributed by atoms with Crippen LogP contribution in [0.2, 0.25) is 0 Å². The van der Waals surface area contributed by atoms with Crippen molar-refractivity contribution in [1.82, 2.24) is 0 Å². The van der Waals surface area contributed by atoms with E-state index in [0.29, 0.717) is 25.9 Å². The van der Waals surface area contributed by atoms with Crippen LogP contribution in [-0.4, -0.2) is 52.6 Å². The smallest absolute Gasteiger partial charge is 0.201 e. The van der Waals surface area contributed by atoms with Gasteiger partial charge in [0.1, 0.15) is 6.10 Å². The zero-order valence-electron chi connectivity index (χ0n) is 11.9. The Kier molecular flexibility index (Phi) is 4.28. The molecule has 0 bridgehead atoms. The lowest BCUT2D eigenvalue weighted by atomic mass is 9.88. The second-order valence-corrected chi connectivity index (χ2v) is 5.86. The Morgan fingerprint density at radius 3 is 2.71 bits per heavy atom. The number of hydrogen-bond donors (Lipinski definition) is 3. The van der Waals surface area contributed by atoms with Gasteiger partial charge in [-0.1, -0.05) is 24.3 Å². The molecule has 1 saturated heterocycles. The van der Waals surface area contributed by atoms with Crippen molar-refractivity contribution in [3.63, 3.8) is 0 Å². The lowest BCUT2D eigenvalue weighted by Crippen LogP contribution is -2.60. The fraction of sp³-hybridized carbons (Fsp3) is 0.625. The third kappa shape index (κ3) is 2.84. The van der Waals surface area contributed by atoms with E-state index >= 15 is 0 Å². The van der Waals surface area contributed by atoms with Crippen LogP contribution in [0.25, 0.3) is 0 Å². The van der Waals surface area contributed by atoms with Gasteiger partial charge in [0, 0.05) is 19.4 Å². The van der Waals surface area contributed by atoms with E-state index in [-0.39, 0.29) is 12.7 Å². The summed E-state index contributed by atoms with van der Waals surface area (Å²) in [5.41, 5.74) is 2.26. The van der Waals surface area contributed by atoms with Gasteiger partial charge in [-0.05, 0) is 24.0 Å². The highest BCUT2D eigenvalue weighted by atomic mass is 16.7. The molecule has 0 aliphatic carbocycles. The molecule has 0 saturated carbocycles. The maximum atomic E-state index is 10.4.